The Morgan fingerprint density at radius 3 is 2.35 bits per heavy atom. The zero-order valence-corrected chi connectivity index (χ0v) is 13.3. The van der Waals surface area contributed by atoms with Crippen LogP contribution in [0.1, 0.15) is 29.8 Å². The lowest BCUT2D eigenvalue weighted by molar-refractivity contribution is -0.142. The Labute approximate surface area is 143 Å². The Kier molecular flexibility index (Phi) is 5.57. The summed E-state index contributed by atoms with van der Waals surface area (Å²) in [6.45, 7) is 1.81. The normalized spacial score (nSPS) is 15.1. The summed E-state index contributed by atoms with van der Waals surface area (Å²) < 4.78 is 78.8. The van der Waals surface area contributed by atoms with Crippen molar-refractivity contribution in [2.45, 2.75) is 31.4 Å². The molecule has 0 aliphatic heterocycles. The smallest absolute Gasteiger partial charge is 0.386 e. The second kappa shape index (κ2) is 7.20. The maximum Gasteiger partial charge on any atom is 0.433 e. The Bertz CT molecular complexity index is 804. The number of pyridine rings is 1. The first-order valence-corrected chi connectivity index (χ1v) is 7.45. The Hall–Kier alpha value is -2.20. The number of hydrogen-bond acceptors (Lipinski definition) is 4. The van der Waals surface area contributed by atoms with Gasteiger partial charge in [0.25, 0.3) is 0 Å². The van der Waals surface area contributed by atoms with Crippen molar-refractivity contribution >= 4 is 17.2 Å². The van der Waals surface area contributed by atoms with Gasteiger partial charge in [-0.25, -0.2) is 4.98 Å². The molecule has 2 atom stereocenters. The van der Waals surface area contributed by atoms with E-state index < -0.39 is 46.8 Å². The van der Waals surface area contributed by atoms with Gasteiger partial charge >= 0.3 is 12.4 Å². The second-order valence-corrected chi connectivity index (χ2v) is 5.46. The lowest BCUT2D eigenvalue weighted by Gasteiger charge is -2.22. The molecule has 142 valence electrons. The fraction of sp³-hybridized carbons (Fsp3) is 0.375. The van der Waals surface area contributed by atoms with Gasteiger partial charge in [-0.15, -0.1) is 0 Å². The van der Waals surface area contributed by atoms with Crippen molar-refractivity contribution < 1.29 is 36.2 Å². The summed E-state index contributed by atoms with van der Waals surface area (Å²) in [6, 6.07) is 1.89. The molecule has 4 nitrogen and oxygen atoms in total. The molecule has 26 heavy (non-hydrogen) atoms. The molecule has 0 bridgehead atoms. The third-order valence-electron chi connectivity index (χ3n) is 3.71. The number of hydrogen-bond donors (Lipinski definition) is 2. The van der Waals surface area contributed by atoms with Gasteiger partial charge < -0.3 is 15.2 Å². The number of aromatic nitrogens is 1. The van der Waals surface area contributed by atoms with Crippen LogP contribution in [0.4, 0.5) is 26.3 Å². The van der Waals surface area contributed by atoms with Crippen molar-refractivity contribution in [1.82, 2.24) is 10.3 Å². The SMILES string of the molecule is CCNC(C=O)C(O)c1cc(C(F)(F)F)nc2c(C(F)(F)F)cccc12. The standard InChI is InChI=1S/C16H14F6N2O2/c1-2-23-11(7-25)14(26)9-6-12(16(20,21)22)24-13-8(9)4-3-5-10(13)15(17,18)19/h3-7,11,14,23,26H,2H2,1H3. The van der Waals surface area contributed by atoms with Crippen molar-refractivity contribution in [3.05, 3.63) is 41.1 Å². The predicted octanol–water partition coefficient (Wildman–Crippen LogP) is 3.48. The van der Waals surface area contributed by atoms with Gasteiger partial charge in [0.1, 0.15) is 18.1 Å². The lowest BCUT2D eigenvalue weighted by atomic mass is 9.96. The number of aldehydes is 1. The van der Waals surface area contributed by atoms with Crippen molar-refractivity contribution in [1.29, 1.82) is 0 Å². The second-order valence-electron chi connectivity index (χ2n) is 5.46. The quantitative estimate of drug-likeness (QED) is 0.616. The van der Waals surface area contributed by atoms with Crippen LogP contribution in [0.25, 0.3) is 10.9 Å². The van der Waals surface area contributed by atoms with Crippen LogP contribution in [-0.2, 0) is 17.1 Å². The number of rotatable bonds is 5. The van der Waals surface area contributed by atoms with Crippen LogP contribution in [0.3, 0.4) is 0 Å². The first kappa shape index (κ1) is 20.1. The maximum absolute atomic E-state index is 13.2. The van der Waals surface area contributed by atoms with E-state index in [-0.39, 0.29) is 18.2 Å². The number of carbonyl (C=O) groups excluding carboxylic acids is 1. The average Bonchev–Trinajstić information content (AvgIpc) is 2.55. The molecule has 1 aromatic carbocycles. The number of alkyl halides is 6. The molecule has 0 fully saturated rings. The van der Waals surface area contributed by atoms with Crippen LogP contribution in [0.2, 0.25) is 0 Å². The number of halogens is 6. The molecular weight excluding hydrogens is 366 g/mol. The first-order valence-electron chi connectivity index (χ1n) is 7.45. The molecule has 2 unspecified atom stereocenters. The van der Waals surface area contributed by atoms with Gasteiger partial charge in [0.05, 0.1) is 17.1 Å². The van der Waals surface area contributed by atoms with E-state index in [1.165, 1.54) is 0 Å². The molecule has 10 heteroatoms. The van der Waals surface area contributed by atoms with Gasteiger partial charge in [0, 0.05) is 5.39 Å². The van der Waals surface area contributed by atoms with Crippen LogP contribution < -0.4 is 5.32 Å². The van der Waals surface area contributed by atoms with Gasteiger partial charge in [0.2, 0.25) is 0 Å². The van der Waals surface area contributed by atoms with Gasteiger partial charge in [-0.3, -0.25) is 0 Å². The highest BCUT2D eigenvalue weighted by atomic mass is 19.4. The lowest BCUT2D eigenvalue weighted by Crippen LogP contribution is -2.36. The van der Waals surface area contributed by atoms with E-state index in [1.807, 2.05) is 0 Å². The minimum absolute atomic E-state index is 0.212. The molecule has 0 spiro atoms. The molecule has 0 aliphatic rings. The van der Waals surface area contributed by atoms with Crippen LogP contribution in [-0.4, -0.2) is 29.0 Å². The van der Waals surface area contributed by atoms with Crippen LogP contribution in [0.5, 0.6) is 0 Å². The van der Waals surface area contributed by atoms with E-state index >= 15 is 0 Å². The minimum atomic E-state index is -5.03. The molecule has 0 saturated carbocycles. The predicted molar refractivity (Wildman–Crippen MR) is 80.2 cm³/mol. The number of fused-ring (bicyclic) bond motifs is 1. The molecule has 2 N–H and O–H groups in total. The first-order chi connectivity index (χ1) is 12.0. The van der Waals surface area contributed by atoms with Crippen LogP contribution in [0, 0.1) is 0 Å². The molecule has 2 rings (SSSR count). The van der Waals surface area contributed by atoms with Gasteiger partial charge in [0.15, 0.2) is 0 Å². The number of likely N-dealkylation sites (N-methyl/N-ethyl adjacent to an activating group) is 1. The highest BCUT2D eigenvalue weighted by Crippen LogP contribution is 2.39. The third-order valence-corrected chi connectivity index (χ3v) is 3.71. The number of aliphatic hydroxyl groups excluding tert-OH is 1. The molecule has 2 aromatic rings. The van der Waals surface area contributed by atoms with Gasteiger partial charge in [-0.2, -0.15) is 26.3 Å². The topological polar surface area (TPSA) is 62.2 Å². The van der Waals surface area contributed by atoms with E-state index in [2.05, 4.69) is 10.3 Å². The minimum Gasteiger partial charge on any atom is -0.386 e. The van der Waals surface area contributed by atoms with E-state index in [0.29, 0.717) is 12.1 Å². The van der Waals surface area contributed by atoms with Crippen molar-refractivity contribution in [2.75, 3.05) is 6.54 Å². The molecule has 0 saturated heterocycles. The molecule has 0 aliphatic carbocycles. The number of para-hydroxylation sites is 1. The number of nitrogens with zero attached hydrogens (tertiary/aromatic N) is 1. The summed E-state index contributed by atoms with van der Waals surface area (Å²) in [4.78, 5) is 14.2. The van der Waals surface area contributed by atoms with E-state index in [9.17, 15) is 36.2 Å². The zero-order chi connectivity index (χ0) is 19.7. The third kappa shape index (κ3) is 3.96. The summed E-state index contributed by atoms with van der Waals surface area (Å²) in [5.41, 5.74) is -4.35. The number of benzene rings is 1. The summed E-state index contributed by atoms with van der Waals surface area (Å²) in [7, 11) is 0. The zero-order valence-electron chi connectivity index (χ0n) is 13.3. The number of nitrogens with one attached hydrogen (secondary N) is 1. The highest BCUT2D eigenvalue weighted by Gasteiger charge is 2.38. The van der Waals surface area contributed by atoms with Crippen molar-refractivity contribution in [2.24, 2.45) is 0 Å². The molecule has 0 amide bonds. The van der Waals surface area contributed by atoms with E-state index in [4.69, 9.17) is 0 Å². The Morgan fingerprint density at radius 1 is 1.19 bits per heavy atom. The summed E-state index contributed by atoms with van der Waals surface area (Å²) in [6.07, 6.45) is -11.5. The van der Waals surface area contributed by atoms with Crippen molar-refractivity contribution in [3.8, 4) is 0 Å². The molecule has 1 aromatic heterocycles. The summed E-state index contributed by atoms with van der Waals surface area (Å²) in [5, 5.41) is 12.6. The van der Waals surface area contributed by atoms with E-state index in [0.717, 1.165) is 12.1 Å². The highest BCUT2D eigenvalue weighted by molar-refractivity contribution is 5.86. The Morgan fingerprint density at radius 2 is 1.85 bits per heavy atom. The Balaban J connectivity index is 2.82. The van der Waals surface area contributed by atoms with Gasteiger partial charge in [-0.05, 0) is 24.2 Å². The molecule has 1 heterocycles. The van der Waals surface area contributed by atoms with Gasteiger partial charge in [-0.1, -0.05) is 19.1 Å². The molecule has 0 radical (unpaired) electrons. The monoisotopic (exact) mass is 380 g/mol. The average molecular weight is 380 g/mol. The summed E-state index contributed by atoms with van der Waals surface area (Å²) in [5.74, 6) is 0. The number of carbonyl (C=O) groups is 1. The van der Waals surface area contributed by atoms with E-state index in [1.54, 1.807) is 6.92 Å². The van der Waals surface area contributed by atoms with Crippen molar-refractivity contribution in [3.63, 3.8) is 0 Å². The van der Waals surface area contributed by atoms with Crippen LogP contribution >= 0.6 is 0 Å². The van der Waals surface area contributed by atoms with Crippen LogP contribution in [0.15, 0.2) is 24.3 Å². The molecular formula is C16H14F6N2O2. The summed E-state index contributed by atoms with van der Waals surface area (Å²) >= 11 is 0. The number of aliphatic hydroxyl groups is 1. The maximum atomic E-state index is 13.2. The fourth-order valence-electron chi connectivity index (χ4n) is 2.56. The largest absolute Gasteiger partial charge is 0.433 e. The fourth-order valence-corrected chi connectivity index (χ4v) is 2.56.